The van der Waals surface area contributed by atoms with E-state index in [2.05, 4.69) is 27.7 Å². The molecule has 2 unspecified atom stereocenters. The van der Waals surface area contributed by atoms with Crippen molar-refractivity contribution in [3.05, 3.63) is 0 Å². The molecular formula is C42H86O. The van der Waals surface area contributed by atoms with E-state index in [-0.39, 0.29) is 0 Å². The van der Waals surface area contributed by atoms with Crippen LogP contribution in [0.5, 0.6) is 0 Å². The fourth-order valence-electron chi connectivity index (χ4n) is 6.85. The fourth-order valence-corrected chi connectivity index (χ4v) is 6.85. The molecule has 0 saturated carbocycles. The van der Waals surface area contributed by atoms with Gasteiger partial charge in [0.2, 0.25) is 0 Å². The lowest BCUT2D eigenvalue weighted by Gasteiger charge is -2.23. The predicted octanol–water partition coefficient (Wildman–Crippen LogP) is 15.9. The zero-order chi connectivity index (χ0) is 31.3. The van der Waals surface area contributed by atoms with E-state index in [1.165, 1.54) is 231 Å². The minimum atomic E-state index is 0.498. The van der Waals surface area contributed by atoms with Gasteiger partial charge in [-0.2, -0.15) is 0 Å². The lowest BCUT2D eigenvalue weighted by atomic mass is 10.0. The molecule has 0 saturated heterocycles. The topological polar surface area (TPSA) is 9.23 Å². The van der Waals surface area contributed by atoms with Crippen molar-refractivity contribution in [2.24, 2.45) is 0 Å². The molecule has 0 rings (SSSR count). The summed E-state index contributed by atoms with van der Waals surface area (Å²) in [5.41, 5.74) is 0. The molecule has 43 heavy (non-hydrogen) atoms. The van der Waals surface area contributed by atoms with Gasteiger partial charge >= 0.3 is 0 Å². The van der Waals surface area contributed by atoms with Crippen molar-refractivity contribution < 1.29 is 4.74 Å². The van der Waals surface area contributed by atoms with Crippen molar-refractivity contribution in [2.45, 2.75) is 271 Å². The van der Waals surface area contributed by atoms with Gasteiger partial charge < -0.3 is 4.74 Å². The van der Waals surface area contributed by atoms with Gasteiger partial charge in [0.25, 0.3) is 0 Å². The number of unbranched alkanes of at least 4 members (excludes halogenated alkanes) is 30. The Kier molecular flexibility index (Phi) is 38.1. The molecule has 2 atom stereocenters. The molecule has 0 spiro atoms. The van der Waals surface area contributed by atoms with Gasteiger partial charge in [-0.15, -0.1) is 0 Å². The lowest BCUT2D eigenvalue weighted by molar-refractivity contribution is -0.0257. The van der Waals surface area contributed by atoms with Crippen molar-refractivity contribution in [3.63, 3.8) is 0 Å². The highest BCUT2D eigenvalue weighted by Gasteiger charge is 2.13. The Labute approximate surface area is 275 Å². The first-order valence-electron chi connectivity index (χ1n) is 20.9. The molecule has 0 aliphatic heterocycles. The van der Waals surface area contributed by atoms with Crippen LogP contribution in [0.4, 0.5) is 0 Å². The third kappa shape index (κ3) is 34.7. The molecule has 0 aliphatic rings. The van der Waals surface area contributed by atoms with Crippen molar-refractivity contribution in [3.8, 4) is 0 Å². The van der Waals surface area contributed by atoms with E-state index >= 15 is 0 Å². The van der Waals surface area contributed by atoms with Crippen LogP contribution in [0.15, 0.2) is 0 Å². The van der Waals surface area contributed by atoms with Crippen molar-refractivity contribution in [1.82, 2.24) is 0 Å². The molecule has 260 valence electrons. The molecule has 0 aromatic rings. The summed E-state index contributed by atoms with van der Waals surface area (Å²) in [5.74, 6) is 0. The van der Waals surface area contributed by atoms with Crippen LogP contribution in [0.3, 0.4) is 0 Å². The Hall–Kier alpha value is -0.0400. The van der Waals surface area contributed by atoms with Crippen LogP contribution >= 0.6 is 0 Å². The van der Waals surface area contributed by atoms with Crippen molar-refractivity contribution >= 4 is 0 Å². The van der Waals surface area contributed by atoms with Gasteiger partial charge in [0.1, 0.15) is 0 Å². The quantitative estimate of drug-likeness (QED) is 0.0635. The maximum absolute atomic E-state index is 6.60. The number of hydrogen-bond acceptors (Lipinski definition) is 1. The van der Waals surface area contributed by atoms with E-state index in [0.29, 0.717) is 12.2 Å². The third-order valence-electron chi connectivity index (χ3n) is 10.1. The highest BCUT2D eigenvalue weighted by molar-refractivity contribution is 4.63. The first-order valence-corrected chi connectivity index (χ1v) is 20.9. The monoisotopic (exact) mass is 607 g/mol. The maximum Gasteiger partial charge on any atom is 0.0576 e. The molecule has 0 amide bonds. The summed E-state index contributed by atoms with van der Waals surface area (Å²) in [6.45, 7) is 9.28. The van der Waals surface area contributed by atoms with Gasteiger partial charge in [-0.3, -0.25) is 0 Å². The fraction of sp³-hybridized carbons (Fsp3) is 1.00. The molecule has 0 aliphatic carbocycles. The minimum absolute atomic E-state index is 0.498. The SMILES string of the molecule is CCCCCCCCCCCCCCCCCCC(CC)OC(CC)CCCCCCCCCCCCCCCCCC. The average Bonchev–Trinajstić information content (AvgIpc) is 3.02. The van der Waals surface area contributed by atoms with Crippen molar-refractivity contribution in [1.29, 1.82) is 0 Å². The predicted molar refractivity (Wildman–Crippen MR) is 198 cm³/mol. The normalized spacial score (nSPS) is 13.1. The molecular weight excluding hydrogens is 520 g/mol. The van der Waals surface area contributed by atoms with Crippen LogP contribution in [0.2, 0.25) is 0 Å². The standard InChI is InChI=1S/C42H86O/c1-5-9-11-13-15-17-19-21-23-25-27-29-31-33-35-37-39-41(7-3)43-42(8-4)40-38-36-34-32-30-28-26-24-22-20-18-16-14-12-10-6-2/h41-42H,5-40H2,1-4H3. The summed E-state index contributed by atoms with van der Waals surface area (Å²) in [7, 11) is 0. The summed E-state index contributed by atoms with van der Waals surface area (Å²) in [6.07, 6.45) is 52.3. The Morgan fingerprint density at radius 2 is 0.442 bits per heavy atom. The molecule has 1 heteroatoms. The summed E-state index contributed by atoms with van der Waals surface area (Å²) >= 11 is 0. The summed E-state index contributed by atoms with van der Waals surface area (Å²) in [5, 5.41) is 0. The van der Waals surface area contributed by atoms with Crippen LogP contribution in [-0.2, 0) is 4.74 Å². The van der Waals surface area contributed by atoms with Gasteiger partial charge in [0.15, 0.2) is 0 Å². The van der Waals surface area contributed by atoms with Crippen LogP contribution in [-0.4, -0.2) is 12.2 Å². The highest BCUT2D eigenvalue weighted by atomic mass is 16.5. The van der Waals surface area contributed by atoms with Crippen LogP contribution in [0.1, 0.15) is 259 Å². The molecule has 0 bridgehead atoms. The van der Waals surface area contributed by atoms with Crippen molar-refractivity contribution in [2.75, 3.05) is 0 Å². The Morgan fingerprint density at radius 3 is 0.628 bits per heavy atom. The Morgan fingerprint density at radius 1 is 0.256 bits per heavy atom. The highest BCUT2D eigenvalue weighted by Crippen LogP contribution is 2.20. The van der Waals surface area contributed by atoms with E-state index in [4.69, 9.17) is 4.74 Å². The summed E-state index contributed by atoms with van der Waals surface area (Å²) in [6, 6.07) is 0. The largest absolute Gasteiger partial charge is 0.375 e. The number of hydrogen-bond donors (Lipinski definition) is 0. The summed E-state index contributed by atoms with van der Waals surface area (Å²) < 4.78 is 6.60. The zero-order valence-electron chi connectivity index (χ0n) is 31.0. The minimum Gasteiger partial charge on any atom is -0.375 e. The van der Waals surface area contributed by atoms with E-state index in [1.54, 1.807) is 0 Å². The molecule has 0 radical (unpaired) electrons. The van der Waals surface area contributed by atoms with Crippen LogP contribution < -0.4 is 0 Å². The van der Waals surface area contributed by atoms with Crippen LogP contribution in [0, 0.1) is 0 Å². The van der Waals surface area contributed by atoms with Gasteiger partial charge in [-0.25, -0.2) is 0 Å². The second-order valence-corrected chi connectivity index (χ2v) is 14.4. The first kappa shape index (κ1) is 43.0. The number of ether oxygens (including phenoxy) is 1. The van der Waals surface area contributed by atoms with Gasteiger partial charge in [-0.1, -0.05) is 233 Å². The second kappa shape index (κ2) is 38.1. The van der Waals surface area contributed by atoms with Gasteiger partial charge in [-0.05, 0) is 25.7 Å². The van der Waals surface area contributed by atoms with E-state index in [0.717, 1.165) is 0 Å². The molecule has 0 N–H and O–H groups in total. The molecule has 1 nitrogen and oxygen atoms in total. The van der Waals surface area contributed by atoms with E-state index in [1.807, 2.05) is 0 Å². The molecule has 0 aromatic carbocycles. The van der Waals surface area contributed by atoms with Gasteiger partial charge in [0.05, 0.1) is 12.2 Å². The third-order valence-corrected chi connectivity index (χ3v) is 10.1. The van der Waals surface area contributed by atoms with E-state index in [9.17, 15) is 0 Å². The maximum atomic E-state index is 6.60. The Bertz CT molecular complexity index is 432. The van der Waals surface area contributed by atoms with E-state index < -0.39 is 0 Å². The molecule has 0 heterocycles. The summed E-state index contributed by atoms with van der Waals surface area (Å²) in [4.78, 5) is 0. The zero-order valence-corrected chi connectivity index (χ0v) is 31.0. The second-order valence-electron chi connectivity index (χ2n) is 14.4. The molecule has 0 fully saturated rings. The lowest BCUT2D eigenvalue weighted by Crippen LogP contribution is -2.21. The smallest absolute Gasteiger partial charge is 0.0576 e. The van der Waals surface area contributed by atoms with Crippen LogP contribution in [0.25, 0.3) is 0 Å². The van der Waals surface area contributed by atoms with Gasteiger partial charge in [0, 0.05) is 0 Å². The first-order chi connectivity index (χ1) is 21.3. The molecule has 0 aromatic heterocycles. The Balaban J connectivity index is 3.48. The number of rotatable bonds is 38. The average molecular weight is 607 g/mol.